The van der Waals surface area contributed by atoms with Crippen molar-refractivity contribution in [2.45, 2.75) is 213 Å². The number of pyridine rings is 2. The summed E-state index contributed by atoms with van der Waals surface area (Å²) in [6.07, 6.45) is 13.2. The van der Waals surface area contributed by atoms with Crippen LogP contribution in [0.3, 0.4) is 0 Å². The van der Waals surface area contributed by atoms with Gasteiger partial charge in [0, 0.05) is 52.1 Å². The molecule has 0 spiro atoms. The second kappa shape index (κ2) is 47.3. The standard InChI is InChI=1S/C26H28N2O2.C25H27N3O2.3C24H25N3O2/c1-17(2)29-22-10-6-20(7-11-22)24-16-28-25(15-27-26(28)14-19(24)5)21-8-12-23(13-9-21)30-18(3)4;1-16(2)29-21-10-6-19(7-11-21)23-15-25-24(14-18(23)5)26-27-28(25)20-8-12-22(13-9-20)30-17(3)4;1-16(2)28-21-10-5-18(6-11-21)19-7-14-23-24(15-19)27(26-25-23)20-8-12-22(13-9-20)29-17(3)4;1-16(2)28-21-9-5-18(6-10-21)20-13-25-24-26-14-23(27(24)15-20)19-7-11-22(12-8-19)29-17(3)4;1-16(2)28-20-9-5-18(6-10-20)22-13-14-23-24(26-22)27(15-25-23)19-7-11-21(12-8-19)29-17(3)4/h6-18H,1-5H3;6-17H,1-5H3;3*5-17H,1-4H3. The molecule has 0 radical (unpaired) electrons. The summed E-state index contributed by atoms with van der Waals surface area (Å²) in [6, 6.07) is 97.4. The molecule has 0 unspecified atom stereocenters. The zero-order valence-corrected chi connectivity index (χ0v) is 87.8. The van der Waals surface area contributed by atoms with Crippen LogP contribution in [-0.4, -0.2) is 129 Å². The maximum Gasteiger partial charge on any atom is 0.234 e. The Labute approximate surface area is 860 Å². The van der Waals surface area contributed by atoms with E-state index in [1.54, 1.807) is 6.33 Å². The quantitative estimate of drug-likeness (QED) is 0.0407. The third-order valence-corrected chi connectivity index (χ3v) is 23.0. The Morgan fingerprint density at radius 2 is 0.558 bits per heavy atom. The van der Waals surface area contributed by atoms with E-state index in [1.807, 2.05) is 376 Å². The average molecular weight is 1960 g/mol. The predicted octanol–water partition coefficient (Wildman–Crippen LogP) is 29.5. The summed E-state index contributed by atoms with van der Waals surface area (Å²) in [5, 5.41) is 17.4. The molecular formula is C123H130N14O10. The fourth-order valence-electron chi connectivity index (χ4n) is 16.7. The van der Waals surface area contributed by atoms with Crippen LogP contribution in [0.4, 0.5) is 0 Å². The van der Waals surface area contributed by atoms with Crippen LogP contribution in [-0.2, 0) is 0 Å². The number of fused-ring (bicyclic) bond motifs is 5. The Bertz CT molecular complexity index is 7090. The van der Waals surface area contributed by atoms with Crippen molar-refractivity contribution in [1.82, 2.24) is 68.3 Å². The van der Waals surface area contributed by atoms with Gasteiger partial charge in [-0.05, 0) is 433 Å². The molecule has 20 aromatic rings. The number of aromatic nitrogens is 14. The first-order valence-corrected chi connectivity index (χ1v) is 50.4. The summed E-state index contributed by atoms with van der Waals surface area (Å²) in [6.45, 7) is 44.7. The van der Waals surface area contributed by atoms with Gasteiger partial charge in [-0.1, -0.05) is 65.0 Å². The molecule has 0 aliphatic rings. The van der Waals surface area contributed by atoms with Crippen LogP contribution >= 0.6 is 0 Å². The fraction of sp³-hybridized carbons (Fsp3) is 0.260. The minimum atomic E-state index is 0.144. The highest BCUT2D eigenvalue weighted by molar-refractivity contribution is 5.86. The van der Waals surface area contributed by atoms with Crippen molar-refractivity contribution in [3.05, 3.63) is 340 Å². The second-order valence-corrected chi connectivity index (χ2v) is 38.7. The molecular weight excluding hydrogens is 1830 g/mol. The van der Waals surface area contributed by atoms with E-state index in [-0.39, 0.29) is 61.0 Å². The van der Waals surface area contributed by atoms with Crippen LogP contribution < -0.4 is 47.4 Å². The Morgan fingerprint density at radius 3 is 0.973 bits per heavy atom. The smallest absolute Gasteiger partial charge is 0.234 e. The highest BCUT2D eigenvalue weighted by atomic mass is 16.5. The Kier molecular flexibility index (Phi) is 33.2. The van der Waals surface area contributed by atoms with E-state index in [9.17, 15) is 0 Å². The molecule has 0 N–H and O–H groups in total. The largest absolute Gasteiger partial charge is 0.491 e. The number of rotatable bonds is 30. The van der Waals surface area contributed by atoms with Gasteiger partial charge >= 0.3 is 0 Å². The maximum absolute atomic E-state index is 5.78. The normalized spacial score (nSPS) is 11.4. The molecule has 0 saturated carbocycles. The lowest BCUT2D eigenvalue weighted by molar-refractivity contribution is 0.242. The summed E-state index contributed by atoms with van der Waals surface area (Å²) in [7, 11) is 0. The summed E-state index contributed by atoms with van der Waals surface area (Å²) >= 11 is 0. The molecule has 24 heteroatoms. The number of imidazole rings is 3. The molecule has 0 bridgehead atoms. The van der Waals surface area contributed by atoms with E-state index in [0.29, 0.717) is 5.78 Å². The lowest BCUT2D eigenvalue weighted by Crippen LogP contribution is -2.05. The Morgan fingerprint density at radius 1 is 0.238 bits per heavy atom. The summed E-state index contributed by atoms with van der Waals surface area (Å²) in [5.74, 6) is 9.32. The average Bonchev–Trinajstić information content (AvgIpc) is 1.66. The third-order valence-electron chi connectivity index (χ3n) is 23.0. The zero-order valence-electron chi connectivity index (χ0n) is 87.8. The second-order valence-electron chi connectivity index (χ2n) is 38.7. The number of benzene rings is 12. The van der Waals surface area contributed by atoms with Crippen molar-refractivity contribution in [3.8, 4) is 153 Å². The van der Waals surface area contributed by atoms with Gasteiger partial charge in [0.15, 0.2) is 5.65 Å². The molecule has 0 fully saturated rings. The molecule has 147 heavy (non-hydrogen) atoms. The van der Waals surface area contributed by atoms with Gasteiger partial charge in [0.1, 0.15) is 86.0 Å². The Hall–Kier alpha value is -16.6. The van der Waals surface area contributed by atoms with Crippen LogP contribution in [0.5, 0.6) is 57.5 Å². The number of aryl methyl sites for hydroxylation is 2. The first-order chi connectivity index (χ1) is 70.8. The van der Waals surface area contributed by atoms with Crippen molar-refractivity contribution in [1.29, 1.82) is 0 Å². The van der Waals surface area contributed by atoms with Gasteiger partial charge in [-0.3, -0.25) is 13.4 Å². The van der Waals surface area contributed by atoms with Crippen molar-refractivity contribution < 1.29 is 47.4 Å². The molecule has 0 amide bonds. The SMILES string of the molecule is CC(C)Oc1ccc(-c2ccc3ncn(-c4ccc(OC(C)C)cc4)c3n2)cc1.CC(C)Oc1ccc(-c2ccc3nnn(-c4ccc(OC(C)C)cc4)c3c2)cc1.CC(C)Oc1ccc(-c2cnc3ncc(-c4ccc(OC(C)C)cc4)n3c2)cc1.Cc1cc2ncc(-c3ccc(OC(C)C)cc3)n2cc1-c1ccc(OC(C)C)cc1.Cc1cc2nnn(-c3ccc(OC(C)C)cc3)c2cc1-c1ccc(OC(C)C)cc1. The minimum absolute atomic E-state index is 0.144. The monoisotopic (exact) mass is 1960 g/mol. The van der Waals surface area contributed by atoms with Crippen LogP contribution in [0.15, 0.2) is 328 Å². The molecule has 752 valence electrons. The first-order valence-electron chi connectivity index (χ1n) is 50.4. The first kappa shape index (κ1) is 103. The van der Waals surface area contributed by atoms with Gasteiger partial charge in [0.05, 0.1) is 113 Å². The molecule has 12 aromatic carbocycles. The number of hydrogen-bond donors (Lipinski definition) is 0. The minimum Gasteiger partial charge on any atom is -0.491 e. The van der Waals surface area contributed by atoms with E-state index < -0.39 is 0 Å². The van der Waals surface area contributed by atoms with Crippen molar-refractivity contribution in [2.75, 3.05) is 0 Å². The van der Waals surface area contributed by atoms with Gasteiger partial charge < -0.3 is 47.4 Å². The van der Waals surface area contributed by atoms with Crippen molar-refractivity contribution >= 4 is 44.7 Å². The third kappa shape index (κ3) is 26.9. The summed E-state index contributed by atoms with van der Waals surface area (Å²) in [5.41, 5.74) is 26.6. The van der Waals surface area contributed by atoms with Gasteiger partial charge in [-0.25, -0.2) is 34.3 Å². The van der Waals surface area contributed by atoms with Gasteiger partial charge in [0.25, 0.3) is 0 Å². The molecule has 0 saturated heterocycles. The lowest BCUT2D eigenvalue weighted by atomic mass is 9.99. The van der Waals surface area contributed by atoms with E-state index in [2.05, 4.69) is 162 Å². The van der Waals surface area contributed by atoms with Gasteiger partial charge in [-0.2, -0.15) is 0 Å². The van der Waals surface area contributed by atoms with Crippen LogP contribution in [0.25, 0.3) is 140 Å². The molecule has 0 aliphatic heterocycles. The van der Waals surface area contributed by atoms with E-state index >= 15 is 0 Å². The molecule has 8 heterocycles. The highest BCUT2D eigenvalue weighted by Crippen LogP contribution is 2.38. The van der Waals surface area contributed by atoms with Crippen molar-refractivity contribution in [3.63, 3.8) is 0 Å². The predicted molar refractivity (Wildman–Crippen MR) is 590 cm³/mol. The maximum atomic E-state index is 5.78. The molecule has 24 nitrogen and oxygen atoms in total. The molecule has 0 aliphatic carbocycles. The van der Waals surface area contributed by atoms with Crippen LogP contribution in [0, 0.1) is 13.8 Å². The van der Waals surface area contributed by atoms with Gasteiger partial charge in [0.2, 0.25) is 5.78 Å². The molecule has 20 rings (SSSR count). The summed E-state index contributed by atoms with van der Waals surface area (Å²) in [4.78, 5) is 23.0. The van der Waals surface area contributed by atoms with Crippen LogP contribution in [0.2, 0.25) is 0 Å². The van der Waals surface area contributed by atoms with E-state index in [4.69, 9.17) is 52.4 Å². The summed E-state index contributed by atoms with van der Waals surface area (Å²) < 4.78 is 67.4. The van der Waals surface area contributed by atoms with E-state index in [1.165, 1.54) is 11.1 Å². The lowest BCUT2D eigenvalue weighted by Gasteiger charge is -2.13. The number of hydrogen-bond acceptors (Lipinski definition) is 19. The number of ether oxygens (including phenoxy) is 10. The molecule has 8 aromatic heterocycles. The number of nitrogens with zero attached hydrogens (tertiary/aromatic N) is 14. The zero-order chi connectivity index (χ0) is 104. The van der Waals surface area contributed by atoms with Crippen LogP contribution in [0.1, 0.15) is 150 Å². The van der Waals surface area contributed by atoms with Gasteiger partial charge in [-0.15, -0.1) is 10.2 Å². The van der Waals surface area contributed by atoms with E-state index in [0.717, 1.165) is 192 Å². The molecule has 0 atom stereocenters. The Balaban J connectivity index is 0.000000131. The fourth-order valence-corrected chi connectivity index (χ4v) is 16.7. The topological polar surface area (TPSA) is 232 Å². The van der Waals surface area contributed by atoms with Crippen molar-refractivity contribution in [2.24, 2.45) is 0 Å². The highest BCUT2D eigenvalue weighted by Gasteiger charge is 2.20.